The highest BCUT2D eigenvalue weighted by Gasteiger charge is 2.19. The molecular weight excluding hydrogens is 376 g/mol. The fourth-order valence-electron chi connectivity index (χ4n) is 3.29. The zero-order valence-electron chi connectivity index (χ0n) is 15.6. The molecule has 3 aromatic rings. The van der Waals surface area contributed by atoms with Crippen molar-refractivity contribution in [2.75, 3.05) is 39.3 Å². The van der Waals surface area contributed by atoms with Gasteiger partial charge in [0.1, 0.15) is 12.4 Å². The Kier molecular flexibility index (Phi) is 6.16. The van der Waals surface area contributed by atoms with Crippen molar-refractivity contribution in [1.82, 2.24) is 30.0 Å². The number of para-hydroxylation sites is 2. The molecule has 0 aliphatic carbocycles. The van der Waals surface area contributed by atoms with E-state index in [9.17, 15) is 0 Å². The zero-order chi connectivity index (χ0) is 19.2. The van der Waals surface area contributed by atoms with Gasteiger partial charge in [-0.05, 0) is 34.7 Å². The lowest BCUT2D eigenvalue weighted by Crippen LogP contribution is -2.47. The third kappa shape index (κ3) is 4.67. The Morgan fingerprint density at radius 1 is 0.893 bits per heavy atom. The Balaban J connectivity index is 1.24. The average molecular weight is 399 g/mol. The lowest BCUT2D eigenvalue weighted by Gasteiger charge is -2.34. The van der Waals surface area contributed by atoms with E-state index in [1.807, 2.05) is 59.3 Å². The molecule has 7 nitrogen and oxygen atoms in total. The first kappa shape index (κ1) is 18.9. The smallest absolute Gasteiger partial charge is 0.170 e. The quantitative estimate of drug-likeness (QED) is 0.609. The average Bonchev–Trinajstić information content (AvgIpc) is 3.19. The number of aromatic nitrogens is 4. The summed E-state index contributed by atoms with van der Waals surface area (Å²) in [7, 11) is 0. The number of hydrogen-bond acceptors (Lipinski definition) is 6. The van der Waals surface area contributed by atoms with E-state index in [2.05, 4.69) is 25.3 Å². The predicted molar refractivity (Wildman–Crippen MR) is 108 cm³/mol. The summed E-state index contributed by atoms with van der Waals surface area (Å²) in [6, 6.07) is 17.6. The Morgan fingerprint density at radius 2 is 1.61 bits per heavy atom. The Hall–Kier alpha value is -2.48. The molecule has 146 valence electrons. The van der Waals surface area contributed by atoms with Gasteiger partial charge in [-0.25, -0.2) is 0 Å². The number of halogens is 1. The van der Waals surface area contributed by atoms with Crippen molar-refractivity contribution in [3.05, 3.63) is 65.4 Å². The molecule has 1 aliphatic rings. The second-order valence-corrected chi connectivity index (χ2v) is 7.15. The first-order valence-corrected chi connectivity index (χ1v) is 9.82. The van der Waals surface area contributed by atoms with E-state index < -0.39 is 0 Å². The van der Waals surface area contributed by atoms with Crippen LogP contribution in [0.2, 0.25) is 5.02 Å². The number of ether oxygens (including phenoxy) is 1. The van der Waals surface area contributed by atoms with Crippen LogP contribution in [0.1, 0.15) is 5.82 Å². The SMILES string of the molecule is Clc1ccccc1OCCN1CCN(Cc2nnnn2-c2ccccc2)CC1. The Morgan fingerprint density at radius 3 is 2.39 bits per heavy atom. The van der Waals surface area contributed by atoms with Crippen molar-refractivity contribution in [3.8, 4) is 11.4 Å². The van der Waals surface area contributed by atoms with Crippen molar-refractivity contribution in [3.63, 3.8) is 0 Å². The fraction of sp³-hybridized carbons (Fsp3) is 0.350. The summed E-state index contributed by atoms with van der Waals surface area (Å²) in [5.41, 5.74) is 0.984. The third-order valence-electron chi connectivity index (χ3n) is 4.87. The van der Waals surface area contributed by atoms with Gasteiger partial charge in [-0.15, -0.1) is 5.10 Å². The number of benzene rings is 2. The largest absolute Gasteiger partial charge is 0.491 e. The topological polar surface area (TPSA) is 59.3 Å². The summed E-state index contributed by atoms with van der Waals surface area (Å²) in [4.78, 5) is 4.80. The van der Waals surface area contributed by atoms with Gasteiger partial charge < -0.3 is 4.74 Å². The van der Waals surface area contributed by atoms with Crippen LogP contribution in [0.3, 0.4) is 0 Å². The minimum atomic E-state index is 0.635. The van der Waals surface area contributed by atoms with Gasteiger partial charge in [-0.1, -0.05) is 41.9 Å². The fourth-order valence-corrected chi connectivity index (χ4v) is 3.48. The van der Waals surface area contributed by atoms with Crippen LogP contribution in [0.25, 0.3) is 5.69 Å². The van der Waals surface area contributed by atoms with Crippen LogP contribution in [0, 0.1) is 0 Å². The highest BCUT2D eigenvalue weighted by Crippen LogP contribution is 2.23. The second kappa shape index (κ2) is 9.14. The van der Waals surface area contributed by atoms with Crippen molar-refractivity contribution in [1.29, 1.82) is 0 Å². The number of hydrogen-bond donors (Lipinski definition) is 0. The standard InChI is InChI=1S/C20H23ClN6O/c21-18-8-4-5-9-19(18)28-15-14-25-10-12-26(13-11-25)16-20-22-23-24-27(20)17-6-2-1-3-7-17/h1-9H,10-16H2. The van der Waals surface area contributed by atoms with E-state index in [4.69, 9.17) is 16.3 Å². The lowest BCUT2D eigenvalue weighted by atomic mass is 10.3. The van der Waals surface area contributed by atoms with E-state index >= 15 is 0 Å². The molecule has 4 rings (SSSR count). The lowest BCUT2D eigenvalue weighted by molar-refractivity contribution is 0.110. The van der Waals surface area contributed by atoms with Crippen molar-refractivity contribution < 1.29 is 4.74 Å². The highest BCUT2D eigenvalue weighted by molar-refractivity contribution is 6.32. The molecular formula is C20H23ClN6O. The molecule has 0 bridgehead atoms. The predicted octanol–water partition coefficient (Wildman–Crippen LogP) is 2.51. The maximum atomic E-state index is 6.13. The molecule has 0 unspecified atom stereocenters. The van der Waals surface area contributed by atoms with E-state index in [-0.39, 0.29) is 0 Å². The molecule has 0 radical (unpaired) electrons. The molecule has 1 aromatic heterocycles. The summed E-state index contributed by atoms with van der Waals surface area (Å²) < 4.78 is 7.61. The maximum Gasteiger partial charge on any atom is 0.170 e. The van der Waals surface area contributed by atoms with Gasteiger partial charge in [0.2, 0.25) is 0 Å². The summed E-state index contributed by atoms with van der Waals surface area (Å²) >= 11 is 6.13. The van der Waals surface area contributed by atoms with Gasteiger partial charge in [0.15, 0.2) is 5.82 Å². The van der Waals surface area contributed by atoms with Crippen LogP contribution in [0.15, 0.2) is 54.6 Å². The molecule has 2 heterocycles. The maximum absolute atomic E-state index is 6.13. The second-order valence-electron chi connectivity index (χ2n) is 6.74. The van der Waals surface area contributed by atoms with E-state index in [0.717, 1.165) is 56.5 Å². The normalized spacial score (nSPS) is 15.6. The van der Waals surface area contributed by atoms with Crippen LogP contribution >= 0.6 is 11.6 Å². The minimum Gasteiger partial charge on any atom is -0.491 e. The van der Waals surface area contributed by atoms with Gasteiger partial charge in [0, 0.05) is 32.7 Å². The van der Waals surface area contributed by atoms with Gasteiger partial charge in [0.25, 0.3) is 0 Å². The summed E-state index contributed by atoms with van der Waals surface area (Å²) in [5, 5.41) is 12.9. The molecule has 0 atom stereocenters. The first-order valence-electron chi connectivity index (χ1n) is 9.44. The van der Waals surface area contributed by atoms with E-state index in [1.165, 1.54) is 0 Å². The van der Waals surface area contributed by atoms with Crippen LogP contribution in [-0.2, 0) is 6.54 Å². The number of nitrogens with zero attached hydrogens (tertiary/aromatic N) is 6. The Labute approximate surface area is 169 Å². The van der Waals surface area contributed by atoms with Crippen LogP contribution in [-0.4, -0.2) is 69.3 Å². The molecule has 1 aliphatic heterocycles. The number of rotatable bonds is 7. The summed E-state index contributed by atoms with van der Waals surface area (Å²) in [6.07, 6.45) is 0. The van der Waals surface area contributed by atoms with Crippen molar-refractivity contribution in [2.45, 2.75) is 6.54 Å². The van der Waals surface area contributed by atoms with Crippen LogP contribution in [0.5, 0.6) is 5.75 Å². The molecule has 0 spiro atoms. The minimum absolute atomic E-state index is 0.635. The third-order valence-corrected chi connectivity index (χ3v) is 5.18. The van der Waals surface area contributed by atoms with Gasteiger partial charge in [-0.2, -0.15) is 4.68 Å². The highest BCUT2D eigenvalue weighted by atomic mass is 35.5. The van der Waals surface area contributed by atoms with Gasteiger partial charge >= 0.3 is 0 Å². The molecule has 1 fully saturated rings. The molecule has 1 saturated heterocycles. The molecule has 8 heteroatoms. The summed E-state index contributed by atoms with van der Waals surface area (Å²) in [5.74, 6) is 1.61. The monoisotopic (exact) mass is 398 g/mol. The van der Waals surface area contributed by atoms with Crippen LogP contribution < -0.4 is 4.74 Å². The molecule has 2 aromatic carbocycles. The van der Waals surface area contributed by atoms with E-state index in [1.54, 1.807) is 0 Å². The molecule has 28 heavy (non-hydrogen) atoms. The zero-order valence-corrected chi connectivity index (χ0v) is 16.4. The number of piperazine rings is 1. The Bertz CT molecular complexity index is 879. The molecule has 0 saturated carbocycles. The summed E-state index contributed by atoms with van der Waals surface area (Å²) in [6.45, 7) is 6.22. The van der Waals surface area contributed by atoms with E-state index in [0.29, 0.717) is 11.6 Å². The molecule has 0 amide bonds. The van der Waals surface area contributed by atoms with Crippen molar-refractivity contribution in [2.24, 2.45) is 0 Å². The number of tetrazole rings is 1. The first-order chi connectivity index (χ1) is 13.8. The van der Waals surface area contributed by atoms with Gasteiger partial charge in [-0.3, -0.25) is 9.80 Å². The van der Waals surface area contributed by atoms with Crippen LogP contribution in [0.4, 0.5) is 0 Å². The van der Waals surface area contributed by atoms with Crippen molar-refractivity contribution >= 4 is 11.6 Å². The van der Waals surface area contributed by atoms with Gasteiger partial charge in [0.05, 0.1) is 17.3 Å². The molecule has 0 N–H and O–H groups in total.